The lowest BCUT2D eigenvalue weighted by Gasteiger charge is -2.25. The van der Waals surface area contributed by atoms with Gasteiger partial charge >= 0.3 is 6.09 Å². The van der Waals surface area contributed by atoms with Crippen LogP contribution in [-0.2, 0) is 9.53 Å². The summed E-state index contributed by atoms with van der Waals surface area (Å²) >= 11 is 0. The Kier molecular flexibility index (Phi) is 3.73. The van der Waals surface area contributed by atoms with Gasteiger partial charge in [0.2, 0.25) is 5.91 Å². The fourth-order valence-corrected chi connectivity index (χ4v) is 1.28. The molecule has 0 unspecified atom stereocenters. The van der Waals surface area contributed by atoms with E-state index in [1.807, 2.05) is 13.8 Å². The van der Waals surface area contributed by atoms with Gasteiger partial charge in [-0.25, -0.2) is 4.79 Å². The van der Waals surface area contributed by atoms with Gasteiger partial charge in [0.1, 0.15) is 6.54 Å². The van der Waals surface area contributed by atoms with Crippen LogP contribution in [-0.4, -0.2) is 42.6 Å². The smallest absolute Gasteiger partial charge is 0.410 e. The lowest BCUT2D eigenvalue weighted by atomic mass is 10.3. The van der Waals surface area contributed by atoms with Gasteiger partial charge in [-0.2, -0.15) is 0 Å². The molecule has 5 nitrogen and oxygen atoms in total. The Bertz CT molecular complexity index is 228. The third-order valence-electron chi connectivity index (χ3n) is 1.84. The van der Waals surface area contributed by atoms with Gasteiger partial charge < -0.3 is 10.1 Å². The Hall–Kier alpha value is -1.26. The summed E-state index contributed by atoms with van der Waals surface area (Å²) in [7, 11) is 0. The summed E-state index contributed by atoms with van der Waals surface area (Å²) in [5, 5.41) is 2.72. The second-order valence-corrected chi connectivity index (χ2v) is 3.61. The third-order valence-corrected chi connectivity index (χ3v) is 1.84. The van der Waals surface area contributed by atoms with E-state index in [9.17, 15) is 9.59 Å². The molecule has 1 aliphatic rings. The molecule has 1 heterocycles. The minimum atomic E-state index is -0.393. The molecule has 2 amide bonds. The van der Waals surface area contributed by atoms with Crippen LogP contribution in [0.1, 0.15) is 20.3 Å². The Morgan fingerprint density at radius 2 is 2.36 bits per heavy atom. The maximum atomic E-state index is 11.3. The number of hydrogen-bond donors (Lipinski definition) is 1. The van der Waals surface area contributed by atoms with Crippen LogP contribution in [0.2, 0.25) is 0 Å². The fourth-order valence-electron chi connectivity index (χ4n) is 1.28. The van der Waals surface area contributed by atoms with E-state index in [2.05, 4.69) is 5.32 Å². The Labute approximate surface area is 83.4 Å². The van der Waals surface area contributed by atoms with Gasteiger partial charge in [0.15, 0.2) is 0 Å². The highest BCUT2D eigenvalue weighted by Gasteiger charge is 2.21. The molecular formula is C9H16N2O3. The van der Waals surface area contributed by atoms with E-state index in [-0.39, 0.29) is 18.5 Å². The summed E-state index contributed by atoms with van der Waals surface area (Å²) in [5.74, 6) is -0.140. The molecule has 1 fully saturated rings. The average molecular weight is 200 g/mol. The number of hydrogen-bond acceptors (Lipinski definition) is 3. The molecule has 14 heavy (non-hydrogen) atoms. The molecule has 1 saturated heterocycles. The SMILES string of the molecule is CC(C)NC(=O)CN1CCCOC1=O. The van der Waals surface area contributed by atoms with E-state index in [4.69, 9.17) is 4.74 Å². The van der Waals surface area contributed by atoms with Crippen molar-refractivity contribution in [2.24, 2.45) is 0 Å². The molecule has 0 radical (unpaired) electrons. The van der Waals surface area contributed by atoms with Gasteiger partial charge in [0.05, 0.1) is 6.61 Å². The number of nitrogens with one attached hydrogen (secondary N) is 1. The van der Waals surface area contributed by atoms with Crippen molar-refractivity contribution < 1.29 is 14.3 Å². The van der Waals surface area contributed by atoms with Crippen LogP contribution in [0.15, 0.2) is 0 Å². The van der Waals surface area contributed by atoms with E-state index in [1.165, 1.54) is 4.90 Å². The van der Waals surface area contributed by atoms with Crippen molar-refractivity contribution in [3.8, 4) is 0 Å². The van der Waals surface area contributed by atoms with Gasteiger partial charge in [-0.1, -0.05) is 0 Å². The Balaban J connectivity index is 2.34. The van der Waals surface area contributed by atoms with E-state index in [0.717, 1.165) is 6.42 Å². The first kappa shape index (κ1) is 10.8. The molecule has 0 aromatic carbocycles. The quantitative estimate of drug-likeness (QED) is 0.715. The summed E-state index contributed by atoms with van der Waals surface area (Å²) in [4.78, 5) is 23.9. The van der Waals surface area contributed by atoms with Gasteiger partial charge in [-0.3, -0.25) is 9.69 Å². The lowest BCUT2D eigenvalue weighted by molar-refractivity contribution is -0.122. The molecule has 0 bridgehead atoms. The normalized spacial score (nSPS) is 16.8. The standard InChI is InChI=1S/C9H16N2O3/c1-7(2)10-8(12)6-11-4-3-5-14-9(11)13/h7H,3-6H2,1-2H3,(H,10,12). The number of carbonyl (C=O) groups excluding carboxylic acids is 2. The van der Waals surface area contributed by atoms with Crippen LogP contribution < -0.4 is 5.32 Å². The van der Waals surface area contributed by atoms with Crippen molar-refractivity contribution in [3.63, 3.8) is 0 Å². The highest BCUT2D eigenvalue weighted by molar-refractivity contribution is 5.82. The first-order valence-electron chi connectivity index (χ1n) is 4.80. The number of rotatable bonds is 3. The summed E-state index contributed by atoms with van der Waals surface area (Å²) in [6.45, 7) is 4.92. The molecule has 1 rings (SSSR count). The molecule has 0 saturated carbocycles. The lowest BCUT2D eigenvalue weighted by Crippen LogP contribution is -2.45. The van der Waals surface area contributed by atoms with Crippen LogP contribution in [0.4, 0.5) is 4.79 Å². The minimum absolute atomic E-state index is 0.0943. The van der Waals surface area contributed by atoms with Crippen molar-refractivity contribution in [1.82, 2.24) is 10.2 Å². The highest BCUT2D eigenvalue weighted by Crippen LogP contribution is 2.03. The molecule has 0 aromatic rings. The van der Waals surface area contributed by atoms with E-state index in [1.54, 1.807) is 0 Å². The first-order valence-corrected chi connectivity index (χ1v) is 4.80. The number of amides is 2. The summed E-state index contributed by atoms with van der Waals surface area (Å²) in [6, 6.07) is 0.100. The third kappa shape index (κ3) is 3.24. The molecule has 1 N–H and O–H groups in total. The largest absolute Gasteiger partial charge is 0.449 e. The first-order chi connectivity index (χ1) is 6.59. The second-order valence-electron chi connectivity index (χ2n) is 3.61. The van der Waals surface area contributed by atoms with Crippen molar-refractivity contribution in [2.75, 3.05) is 19.7 Å². The van der Waals surface area contributed by atoms with Crippen molar-refractivity contribution in [1.29, 1.82) is 0 Å². The molecule has 0 spiro atoms. The number of carbonyl (C=O) groups is 2. The maximum Gasteiger partial charge on any atom is 0.410 e. The van der Waals surface area contributed by atoms with Crippen LogP contribution in [0.3, 0.4) is 0 Å². The average Bonchev–Trinajstić information content (AvgIpc) is 2.07. The Morgan fingerprint density at radius 3 is 2.93 bits per heavy atom. The summed E-state index contributed by atoms with van der Waals surface area (Å²) in [5.41, 5.74) is 0. The number of cyclic esters (lactones) is 1. The van der Waals surface area contributed by atoms with Crippen LogP contribution in [0, 0.1) is 0 Å². The predicted molar refractivity (Wildman–Crippen MR) is 50.8 cm³/mol. The molecule has 80 valence electrons. The molecule has 1 aliphatic heterocycles. The maximum absolute atomic E-state index is 11.3. The molecule has 0 aromatic heterocycles. The van der Waals surface area contributed by atoms with Crippen LogP contribution in [0.5, 0.6) is 0 Å². The van der Waals surface area contributed by atoms with Crippen molar-refractivity contribution >= 4 is 12.0 Å². The zero-order valence-corrected chi connectivity index (χ0v) is 8.58. The highest BCUT2D eigenvalue weighted by atomic mass is 16.6. The zero-order chi connectivity index (χ0) is 10.6. The van der Waals surface area contributed by atoms with Crippen LogP contribution >= 0.6 is 0 Å². The van der Waals surface area contributed by atoms with E-state index < -0.39 is 6.09 Å². The molecule has 0 atom stereocenters. The molecule has 0 aliphatic carbocycles. The zero-order valence-electron chi connectivity index (χ0n) is 8.58. The topological polar surface area (TPSA) is 58.6 Å². The van der Waals surface area contributed by atoms with Gasteiger partial charge in [-0.05, 0) is 20.3 Å². The number of nitrogens with zero attached hydrogens (tertiary/aromatic N) is 1. The van der Waals surface area contributed by atoms with Gasteiger partial charge in [-0.15, -0.1) is 0 Å². The Morgan fingerprint density at radius 1 is 1.64 bits per heavy atom. The van der Waals surface area contributed by atoms with Crippen LogP contribution in [0.25, 0.3) is 0 Å². The van der Waals surface area contributed by atoms with Crippen molar-refractivity contribution in [3.05, 3.63) is 0 Å². The van der Waals surface area contributed by atoms with E-state index >= 15 is 0 Å². The molecular weight excluding hydrogens is 184 g/mol. The minimum Gasteiger partial charge on any atom is -0.449 e. The van der Waals surface area contributed by atoms with Crippen molar-refractivity contribution in [2.45, 2.75) is 26.3 Å². The molecule has 5 heteroatoms. The fraction of sp³-hybridized carbons (Fsp3) is 0.778. The predicted octanol–water partition coefficient (Wildman–Crippen LogP) is 0.353. The number of ether oxygens (including phenoxy) is 1. The van der Waals surface area contributed by atoms with E-state index in [0.29, 0.717) is 13.2 Å². The second kappa shape index (κ2) is 4.83. The summed E-state index contributed by atoms with van der Waals surface area (Å²) < 4.78 is 4.80. The monoisotopic (exact) mass is 200 g/mol. The summed E-state index contributed by atoms with van der Waals surface area (Å²) in [6.07, 6.45) is 0.399. The van der Waals surface area contributed by atoms with Gasteiger partial charge in [0.25, 0.3) is 0 Å². The van der Waals surface area contributed by atoms with Gasteiger partial charge in [0, 0.05) is 12.6 Å².